The van der Waals surface area contributed by atoms with Crippen LogP contribution in [0.15, 0.2) is 12.3 Å². The van der Waals surface area contributed by atoms with E-state index in [0.29, 0.717) is 26.4 Å². The van der Waals surface area contributed by atoms with Crippen LogP contribution in [0.2, 0.25) is 0 Å². The molecule has 2 heterocycles. The summed E-state index contributed by atoms with van der Waals surface area (Å²) in [6.45, 7) is 2.43. The van der Waals surface area contributed by atoms with Crippen LogP contribution in [-0.4, -0.2) is 38.8 Å². The van der Waals surface area contributed by atoms with Crippen LogP contribution in [0.5, 0.6) is 0 Å². The van der Waals surface area contributed by atoms with Gasteiger partial charge in [0, 0.05) is 0 Å². The minimum Gasteiger partial charge on any atom is -0.470 e. The Kier molecular flexibility index (Phi) is 2.60. The molecule has 2 aliphatic heterocycles. The van der Waals surface area contributed by atoms with E-state index in [9.17, 15) is 0 Å². The predicted molar refractivity (Wildman–Crippen MR) is 40.5 cm³/mol. The first-order valence-corrected chi connectivity index (χ1v) is 4.08. The molecule has 2 unspecified atom stereocenters. The van der Waals surface area contributed by atoms with Crippen LogP contribution in [0.1, 0.15) is 0 Å². The van der Waals surface area contributed by atoms with Crippen LogP contribution in [0, 0.1) is 0 Å². The highest BCUT2D eigenvalue weighted by Gasteiger charge is 2.27. The molecule has 0 aromatic rings. The Hall–Kier alpha value is -0.580. The third kappa shape index (κ3) is 1.77. The van der Waals surface area contributed by atoms with E-state index in [1.54, 1.807) is 6.26 Å². The molecule has 68 valence electrons. The van der Waals surface area contributed by atoms with Gasteiger partial charge in [0.25, 0.3) is 0 Å². The summed E-state index contributed by atoms with van der Waals surface area (Å²) in [5, 5.41) is 0. The van der Waals surface area contributed by atoms with Gasteiger partial charge in [-0.3, -0.25) is 0 Å². The second kappa shape index (κ2) is 3.89. The Morgan fingerprint density at radius 1 is 1.17 bits per heavy atom. The molecule has 0 aromatic carbocycles. The summed E-state index contributed by atoms with van der Waals surface area (Å²) in [5.74, 6) is 0. The van der Waals surface area contributed by atoms with Gasteiger partial charge in [0.2, 0.25) is 6.29 Å². The molecular weight excluding hydrogens is 160 g/mol. The maximum atomic E-state index is 5.41. The van der Waals surface area contributed by atoms with E-state index in [1.165, 1.54) is 0 Å². The van der Waals surface area contributed by atoms with Crippen LogP contribution in [-0.2, 0) is 18.9 Å². The Labute approximate surface area is 71.0 Å². The molecule has 0 bridgehead atoms. The molecule has 4 nitrogen and oxygen atoms in total. The van der Waals surface area contributed by atoms with Gasteiger partial charge < -0.3 is 18.9 Å². The third-order valence-corrected chi connectivity index (χ3v) is 1.81. The summed E-state index contributed by atoms with van der Waals surface area (Å²) in [6.07, 6.45) is 3.09. The van der Waals surface area contributed by atoms with Gasteiger partial charge in [-0.2, -0.15) is 0 Å². The fourth-order valence-corrected chi connectivity index (χ4v) is 1.22. The van der Waals surface area contributed by atoms with E-state index >= 15 is 0 Å². The van der Waals surface area contributed by atoms with Crippen LogP contribution >= 0.6 is 0 Å². The van der Waals surface area contributed by atoms with Gasteiger partial charge in [-0.05, 0) is 6.08 Å². The molecule has 0 radical (unpaired) electrons. The summed E-state index contributed by atoms with van der Waals surface area (Å²) in [6, 6.07) is 0. The molecule has 0 N–H and O–H groups in total. The molecule has 1 saturated heterocycles. The van der Waals surface area contributed by atoms with E-state index < -0.39 is 0 Å². The quantitative estimate of drug-likeness (QED) is 0.569. The lowest BCUT2D eigenvalue weighted by atomic mass is 10.3. The van der Waals surface area contributed by atoms with Crippen LogP contribution in [0.3, 0.4) is 0 Å². The number of hydrogen-bond acceptors (Lipinski definition) is 4. The molecule has 4 heteroatoms. The van der Waals surface area contributed by atoms with Crippen molar-refractivity contribution < 1.29 is 18.9 Å². The van der Waals surface area contributed by atoms with Crippen molar-refractivity contribution >= 4 is 0 Å². The molecular formula is C8H12O4. The molecule has 1 fully saturated rings. The lowest BCUT2D eigenvalue weighted by molar-refractivity contribution is -0.221. The summed E-state index contributed by atoms with van der Waals surface area (Å²) < 4.78 is 21.1. The molecule has 2 atom stereocenters. The molecule has 12 heavy (non-hydrogen) atoms. The molecule has 0 aromatic heterocycles. The Balaban J connectivity index is 1.85. The SMILES string of the molecule is C1=COC(C2COCCO2)OC1. The molecule has 0 spiro atoms. The van der Waals surface area contributed by atoms with Gasteiger partial charge in [-0.1, -0.05) is 0 Å². The highest BCUT2D eigenvalue weighted by molar-refractivity contribution is 4.80. The van der Waals surface area contributed by atoms with Crippen molar-refractivity contribution in [2.75, 3.05) is 26.4 Å². The van der Waals surface area contributed by atoms with Crippen molar-refractivity contribution in [3.05, 3.63) is 12.3 Å². The lowest BCUT2D eigenvalue weighted by Gasteiger charge is -2.30. The fraction of sp³-hybridized carbons (Fsp3) is 0.750. The average molecular weight is 172 g/mol. The number of ether oxygens (including phenoxy) is 4. The van der Waals surface area contributed by atoms with E-state index in [0.717, 1.165) is 0 Å². The Morgan fingerprint density at radius 2 is 2.17 bits per heavy atom. The van der Waals surface area contributed by atoms with Crippen LogP contribution in [0.4, 0.5) is 0 Å². The molecule has 0 aliphatic carbocycles. The van der Waals surface area contributed by atoms with Crippen molar-refractivity contribution in [3.8, 4) is 0 Å². The van der Waals surface area contributed by atoms with Gasteiger partial charge in [-0.15, -0.1) is 0 Å². The first-order chi connectivity index (χ1) is 5.97. The smallest absolute Gasteiger partial charge is 0.228 e. The summed E-state index contributed by atoms with van der Waals surface area (Å²) in [5.41, 5.74) is 0. The first-order valence-electron chi connectivity index (χ1n) is 4.08. The number of rotatable bonds is 1. The lowest BCUT2D eigenvalue weighted by Crippen LogP contribution is -2.41. The normalized spacial score (nSPS) is 36.0. The molecule has 0 amide bonds. The van der Waals surface area contributed by atoms with Crippen molar-refractivity contribution in [2.24, 2.45) is 0 Å². The van der Waals surface area contributed by atoms with E-state index in [-0.39, 0.29) is 12.4 Å². The van der Waals surface area contributed by atoms with Crippen molar-refractivity contribution in [1.82, 2.24) is 0 Å². The third-order valence-electron chi connectivity index (χ3n) is 1.81. The van der Waals surface area contributed by atoms with Crippen molar-refractivity contribution in [2.45, 2.75) is 12.4 Å². The highest BCUT2D eigenvalue weighted by atomic mass is 16.7. The minimum absolute atomic E-state index is 0.0799. The Morgan fingerprint density at radius 3 is 2.83 bits per heavy atom. The van der Waals surface area contributed by atoms with Gasteiger partial charge in [0.1, 0.15) is 6.10 Å². The fourth-order valence-electron chi connectivity index (χ4n) is 1.22. The van der Waals surface area contributed by atoms with Crippen LogP contribution in [0.25, 0.3) is 0 Å². The standard InChI is InChI=1S/C8H12O4/c1-2-11-8(12-3-1)7-6-9-4-5-10-7/h1-2,7-8H,3-6H2. The zero-order valence-electron chi connectivity index (χ0n) is 6.77. The zero-order chi connectivity index (χ0) is 8.23. The average Bonchev–Trinajstić information content (AvgIpc) is 2.21. The van der Waals surface area contributed by atoms with Gasteiger partial charge in [-0.25, -0.2) is 0 Å². The van der Waals surface area contributed by atoms with Crippen molar-refractivity contribution in [1.29, 1.82) is 0 Å². The molecule has 2 rings (SSSR count). The maximum absolute atomic E-state index is 5.41. The molecule has 2 aliphatic rings. The van der Waals surface area contributed by atoms with Crippen molar-refractivity contribution in [3.63, 3.8) is 0 Å². The summed E-state index contributed by atoms with van der Waals surface area (Å²) >= 11 is 0. The second-order valence-electron chi connectivity index (χ2n) is 2.69. The van der Waals surface area contributed by atoms with E-state index in [4.69, 9.17) is 18.9 Å². The maximum Gasteiger partial charge on any atom is 0.228 e. The number of hydrogen-bond donors (Lipinski definition) is 0. The summed E-state index contributed by atoms with van der Waals surface area (Å²) in [4.78, 5) is 0. The van der Waals surface area contributed by atoms with E-state index in [2.05, 4.69) is 0 Å². The molecule has 0 saturated carbocycles. The van der Waals surface area contributed by atoms with Crippen LogP contribution < -0.4 is 0 Å². The van der Waals surface area contributed by atoms with Gasteiger partial charge in [0.05, 0.1) is 32.7 Å². The topological polar surface area (TPSA) is 36.9 Å². The first kappa shape index (κ1) is 8.04. The predicted octanol–water partition coefficient (Wildman–Crippen LogP) is 0.288. The van der Waals surface area contributed by atoms with Gasteiger partial charge in [0.15, 0.2) is 0 Å². The van der Waals surface area contributed by atoms with E-state index in [1.807, 2.05) is 6.08 Å². The Bertz CT molecular complexity index is 162. The van der Waals surface area contributed by atoms with Gasteiger partial charge >= 0.3 is 0 Å². The minimum atomic E-state index is -0.296. The highest BCUT2D eigenvalue weighted by Crippen LogP contribution is 2.13. The summed E-state index contributed by atoms with van der Waals surface area (Å²) in [7, 11) is 0. The second-order valence-corrected chi connectivity index (χ2v) is 2.69. The monoisotopic (exact) mass is 172 g/mol. The zero-order valence-corrected chi connectivity index (χ0v) is 6.77. The largest absolute Gasteiger partial charge is 0.470 e.